The molecule has 2 aliphatic rings. The van der Waals surface area contributed by atoms with Crippen LogP contribution in [-0.4, -0.2) is 46.5 Å². The van der Waals surface area contributed by atoms with Crippen LogP contribution in [0.5, 0.6) is 0 Å². The molecule has 7 nitrogen and oxygen atoms in total. The van der Waals surface area contributed by atoms with Crippen LogP contribution in [0.3, 0.4) is 0 Å². The molecule has 6 rings (SSSR count). The smallest absolute Gasteiger partial charge is 0.256 e. The van der Waals surface area contributed by atoms with E-state index < -0.39 is 0 Å². The predicted molar refractivity (Wildman–Crippen MR) is 145 cm³/mol. The predicted octanol–water partition coefficient (Wildman–Crippen LogP) is 4.74. The number of carbonyl (C=O) groups is 1. The zero-order chi connectivity index (χ0) is 25.5. The van der Waals surface area contributed by atoms with E-state index in [-0.39, 0.29) is 11.9 Å². The average Bonchev–Trinajstić information content (AvgIpc) is 3.21. The summed E-state index contributed by atoms with van der Waals surface area (Å²) in [6.07, 6.45) is 1.85. The van der Waals surface area contributed by atoms with E-state index >= 15 is 0 Å². The number of aryl methyl sites for hydroxylation is 1. The number of nitriles is 1. The first-order chi connectivity index (χ1) is 18.0. The van der Waals surface area contributed by atoms with Gasteiger partial charge in [-0.25, -0.2) is 4.98 Å². The number of amides is 1. The van der Waals surface area contributed by atoms with E-state index in [0.29, 0.717) is 5.56 Å². The van der Waals surface area contributed by atoms with Gasteiger partial charge < -0.3 is 14.8 Å². The minimum absolute atomic E-state index is 0.0145. The molecule has 2 aliphatic heterocycles. The van der Waals surface area contributed by atoms with Gasteiger partial charge in [-0.3, -0.25) is 9.69 Å². The van der Waals surface area contributed by atoms with E-state index in [1.54, 1.807) is 0 Å². The molecular formula is C30H28N6O. The van der Waals surface area contributed by atoms with Crippen LogP contribution in [0.25, 0.3) is 11.3 Å². The second kappa shape index (κ2) is 9.23. The van der Waals surface area contributed by atoms with Gasteiger partial charge in [0, 0.05) is 50.0 Å². The average molecular weight is 489 g/mol. The first-order valence-electron chi connectivity index (χ1n) is 12.6. The number of benzene rings is 3. The van der Waals surface area contributed by atoms with Gasteiger partial charge in [0.25, 0.3) is 5.91 Å². The summed E-state index contributed by atoms with van der Waals surface area (Å²) in [6.45, 7) is 5.19. The van der Waals surface area contributed by atoms with Crippen LogP contribution in [0.1, 0.15) is 38.9 Å². The molecule has 1 atom stereocenters. The second-order valence-electron chi connectivity index (χ2n) is 9.65. The van der Waals surface area contributed by atoms with Crippen molar-refractivity contribution in [2.24, 2.45) is 7.05 Å². The van der Waals surface area contributed by atoms with E-state index in [0.717, 1.165) is 71.3 Å². The number of nitrogens with zero attached hydrogens (tertiary/aromatic N) is 5. The molecule has 1 N–H and O–H groups in total. The third-order valence-electron chi connectivity index (χ3n) is 7.66. The third kappa shape index (κ3) is 3.96. The van der Waals surface area contributed by atoms with Gasteiger partial charge >= 0.3 is 0 Å². The molecule has 37 heavy (non-hydrogen) atoms. The zero-order valence-electron chi connectivity index (χ0n) is 21.0. The monoisotopic (exact) mass is 488 g/mol. The number of para-hydroxylation sites is 1. The molecule has 4 aromatic rings. The van der Waals surface area contributed by atoms with Crippen molar-refractivity contribution >= 4 is 17.3 Å². The van der Waals surface area contributed by atoms with Crippen molar-refractivity contribution in [1.82, 2.24) is 14.5 Å². The lowest BCUT2D eigenvalue weighted by molar-refractivity contribution is 0.102. The molecule has 7 heteroatoms. The Hall–Kier alpha value is -4.41. The van der Waals surface area contributed by atoms with Crippen molar-refractivity contribution in [1.29, 1.82) is 5.26 Å². The van der Waals surface area contributed by atoms with Crippen LogP contribution >= 0.6 is 0 Å². The first kappa shape index (κ1) is 23.0. The molecule has 0 bridgehead atoms. The van der Waals surface area contributed by atoms with Crippen LogP contribution < -0.4 is 10.2 Å². The highest BCUT2D eigenvalue weighted by atomic mass is 16.1. The SMILES string of the molecule is Cc1ncc(-c2ccc(N3CCN(C4c5ccccc5NC(=O)c5ccccc54)CC3)c(C#N)c2)n1C. The maximum absolute atomic E-state index is 13.0. The summed E-state index contributed by atoms with van der Waals surface area (Å²) < 4.78 is 2.04. The molecule has 0 radical (unpaired) electrons. The largest absolute Gasteiger partial charge is 0.368 e. The number of nitrogens with one attached hydrogen (secondary N) is 1. The molecule has 184 valence electrons. The van der Waals surface area contributed by atoms with Gasteiger partial charge in [-0.15, -0.1) is 0 Å². The van der Waals surface area contributed by atoms with E-state index in [2.05, 4.69) is 50.4 Å². The highest BCUT2D eigenvalue weighted by Crippen LogP contribution is 2.39. The second-order valence-corrected chi connectivity index (χ2v) is 9.65. The summed E-state index contributed by atoms with van der Waals surface area (Å²) in [7, 11) is 1.99. The Labute approximate surface area is 216 Å². The van der Waals surface area contributed by atoms with Crippen LogP contribution in [0.15, 0.2) is 72.9 Å². The molecule has 0 saturated carbocycles. The summed E-state index contributed by atoms with van der Waals surface area (Å²) in [6, 6.07) is 24.5. The number of carbonyl (C=O) groups excluding carboxylic acids is 1. The molecule has 1 aromatic heterocycles. The van der Waals surface area contributed by atoms with Crippen molar-refractivity contribution in [2.45, 2.75) is 13.0 Å². The molecule has 1 unspecified atom stereocenters. The van der Waals surface area contributed by atoms with Gasteiger partial charge in [-0.2, -0.15) is 5.26 Å². The Morgan fingerprint density at radius 2 is 1.70 bits per heavy atom. The highest BCUT2D eigenvalue weighted by Gasteiger charge is 2.33. The number of anilines is 2. The van der Waals surface area contributed by atoms with Crippen molar-refractivity contribution in [3.8, 4) is 17.3 Å². The number of fused-ring (bicyclic) bond motifs is 2. The van der Waals surface area contributed by atoms with Crippen LogP contribution in [0, 0.1) is 18.3 Å². The Bertz CT molecular complexity index is 1540. The maximum atomic E-state index is 13.0. The van der Waals surface area contributed by atoms with E-state index in [1.807, 2.05) is 67.2 Å². The first-order valence-corrected chi connectivity index (χ1v) is 12.6. The van der Waals surface area contributed by atoms with Gasteiger partial charge in [-0.05, 0) is 42.3 Å². The lowest BCUT2D eigenvalue weighted by atomic mass is 9.93. The Morgan fingerprint density at radius 3 is 2.43 bits per heavy atom. The fraction of sp³-hybridized carbons (Fsp3) is 0.233. The summed E-state index contributed by atoms with van der Waals surface area (Å²) in [5.41, 5.74) is 7.36. The number of hydrogen-bond donors (Lipinski definition) is 1. The molecular weight excluding hydrogens is 460 g/mol. The van der Waals surface area contributed by atoms with E-state index in [4.69, 9.17) is 0 Å². The van der Waals surface area contributed by atoms with Gasteiger partial charge in [0.1, 0.15) is 11.9 Å². The lowest BCUT2D eigenvalue weighted by Crippen LogP contribution is -2.48. The minimum atomic E-state index is -0.0634. The molecule has 3 heterocycles. The van der Waals surface area contributed by atoms with E-state index in [1.165, 1.54) is 0 Å². The van der Waals surface area contributed by atoms with Gasteiger partial charge in [0.15, 0.2) is 0 Å². The molecule has 3 aromatic carbocycles. The lowest BCUT2D eigenvalue weighted by Gasteiger charge is -2.41. The number of rotatable bonds is 3. The fourth-order valence-corrected chi connectivity index (χ4v) is 5.59. The van der Waals surface area contributed by atoms with Crippen molar-refractivity contribution in [3.63, 3.8) is 0 Å². The molecule has 0 spiro atoms. The Morgan fingerprint density at radius 1 is 0.973 bits per heavy atom. The van der Waals surface area contributed by atoms with Gasteiger partial charge in [0.05, 0.1) is 29.2 Å². The molecule has 1 amide bonds. The Balaban J connectivity index is 1.28. The Kier molecular flexibility index (Phi) is 5.74. The summed E-state index contributed by atoms with van der Waals surface area (Å²) in [5, 5.41) is 13.1. The number of hydrogen-bond acceptors (Lipinski definition) is 5. The van der Waals surface area contributed by atoms with E-state index in [9.17, 15) is 10.1 Å². The van der Waals surface area contributed by atoms with Gasteiger partial charge in [0.2, 0.25) is 0 Å². The molecule has 0 aliphatic carbocycles. The van der Waals surface area contributed by atoms with Gasteiger partial charge in [-0.1, -0.05) is 42.5 Å². The van der Waals surface area contributed by atoms with Crippen molar-refractivity contribution in [3.05, 3.63) is 101 Å². The zero-order valence-corrected chi connectivity index (χ0v) is 21.0. The summed E-state index contributed by atoms with van der Waals surface area (Å²) >= 11 is 0. The van der Waals surface area contributed by atoms with Crippen LogP contribution in [0.4, 0.5) is 11.4 Å². The molecule has 1 fully saturated rings. The summed E-state index contributed by atoms with van der Waals surface area (Å²) in [4.78, 5) is 22.1. The topological polar surface area (TPSA) is 77.2 Å². The maximum Gasteiger partial charge on any atom is 0.256 e. The van der Waals surface area contributed by atoms with Crippen LogP contribution in [-0.2, 0) is 7.05 Å². The minimum Gasteiger partial charge on any atom is -0.368 e. The quantitative estimate of drug-likeness (QED) is 0.451. The fourth-order valence-electron chi connectivity index (χ4n) is 5.59. The third-order valence-corrected chi connectivity index (χ3v) is 7.66. The molecule has 1 saturated heterocycles. The summed E-state index contributed by atoms with van der Waals surface area (Å²) in [5.74, 6) is 0.874. The van der Waals surface area contributed by atoms with Crippen LogP contribution in [0.2, 0.25) is 0 Å². The van der Waals surface area contributed by atoms with Crippen molar-refractivity contribution < 1.29 is 4.79 Å². The highest BCUT2D eigenvalue weighted by molar-refractivity contribution is 6.07. The number of aromatic nitrogens is 2. The van der Waals surface area contributed by atoms with Crippen molar-refractivity contribution in [2.75, 3.05) is 36.4 Å². The normalized spacial score (nSPS) is 17.4. The number of imidazole rings is 1. The number of piperazine rings is 1. The standard InChI is InChI=1S/C30H28N6O/c1-20-32-19-28(34(20)2)21-11-12-27(22(17-21)18-31)35-13-15-36(16-14-35)29-23-7-3-4-8-24(23)30(37)33-26-10-6-5-9-25(26)29/h3-12,17,19,29H,13-16H2,1-2H3,(H,33,37).